The molecule has 1 N–H and O–H groups in total. The number of aryl methyl sites for hydroxylation is 1. The highest BCUT2D eigenvalue weighted by molar-refractivity contribution is 9.13. The van der Waals surface area contributed by atoms with E-state index in [0.29, 0.717) is 6.04 Å². The summed E-state index contributed by atoms with van der Waals surface area (Å²) in [5, 5.41) is 3.54. The molecule has 0 spiro atoms. The Kier molecular flexibility index (Phi) is 5.01. The fraction of sp³-hybridized carbons (Fsp3) is 0.286. The van der Waals surface area contributed by atoms with Gasteiger partial charge in [-0.15, -0.1) is 11.3 Å². The molecule has 4 heteroatoms. The fourth-order valence-electron chi connectivity index (χ4n) is 1.71. The van der Waals surface area contributed by atoms with Gasteiger partial charge >= 0.3 is 0 Å². The molecule has 0 saturated heterocycles. The van der Waals surface area contributed by atoms with Gasteiger partial charge in [-0.1, -0.05) is 29.8 Å². The van der Waals surface area contributed by atoms with E-state index in [9.17, 15) is 0 Å². The van der Waals surface area contributed by atoms with E-state index in [2.05, 4.69) is 81.4 Å². The third-order valence-corrected chi connectivity index (χ3v) is 6.11. The molecule has 1 atom stereocenters. The molecule has 96 valence electrons. The van der Waals surface area contributed by atoms with Gasteiger partial charge in [0, 0.05) is 21.9 Å². The minimum Gasteiger partial charge on any atom is -0.305 e. The van der Waals surface area contributed by atoms with Crippen molar-refractivity contribution in [2.75, 3.05) is 0 Å². The van der Waals surface area contributed by atoms with Crippen molar-refractivity contribution >= 4 is 43.2 Å². The molecule has 0 saturated carbocycles. The molecule has 1 aromatic carbocycles. The molecular formula is C14H15Br2NS. The van der Waals surface area contributed by atoms with E-state index in [1.165, 1.54) is 16.0 Å². The SMILES string of the molecule is Cc1ccc([C@H](C)NCc2cc(Br)c(Br)s2)cc1. The predicted molar refractivity (Wildman–Crippen MR) is 86.2 cm³/mol. The maximum Gasteiger partial charge on any atom is 0.0843 e. The van der Waals surface area contributed by atoms with Crippen molar-refractivity contribution < 1.29 is 0 Å². The Balaban J connectivity index is 1.95. The second-order valence-corrected chi connectivity index (χ2v) is 7.66. The van der Waals surface area contributed by atoms with Gasteiger partial charge in [-0.3, -0.25) is 0 Å². The normalized spacial score (nSPS) is 12.7. The number of thiophene rings is 1. The van der Waals surface area contributed by atoms with Crippen LogP contribution in [0.4, 0.5) is 0 Å². The summed E-state index contributed by atoms with van der Waals surface area (Å²) < 4.78 is 2.29. The highest BCUT2D eigenvalue weighted by Gasteiger charge is 2.07. The number of benzene rings is 1. The number of hydrogen-bond donors (Lipinski definition) is 1. The van der Waals surface area contributed by atoms with E-state index in [4.69, 9.17) is 0 Å². The van der Waals surface area contributed by atoms with Gasteiger partial charge in [-0.05, 0) is 57.3 Å². The van der Waals surface area contributed by atoms with Crippen LogP contribution >= 0.6 is 43.2 Å². The third kappa shape index (κ3) is 3.67. The molecule has 0 bridgehead atoms. The quantitative estimate of drug-likeness (QED) is 0.735. The first-order chi connectivity index (χ1) is 8.56. The number of nitrogens with one attached hydrogen (secondary N) is 1. The minimum absolute atomic E-state index is 0.366. The lowest BCUT2D eigenvalue weighted by Crippen LogP contribution is -2.17. The van der Waals surface area contributed by atoms with Crippen LogP contribution in [-0.4, -0.2) is 0 Å². The Labute approximate surface area is 129 Å². The summed E-state index contributed by atoms with van der Waals surface area (Å²) in [5.41, 5.74) is 2.63. The summed E-state index contributed by atoms with van der Waals surface area (Å²) in [4.78, 5) is 1.33. The van der Waals surface area contributed by atoms with Gasteiger partial charge in [0.25, 0.3) is 0 Å². The summed E-state index contributed by atoms with van der Waals surface area (Å²) >= 11 is 8.79. The molecule has 1 heterocycles. The maximum absolute atomic E-state index is 3.54. The number of hydrogen-bond acceptors (Lipinski definition) is 2. The van der Waals surface area contributed by atoms with Crippen LogP contribution in [0.25, 0.3) is 0 Å². The highest BCUT2D eigenvalue weighted by Crippen LogP contribution is 2.32. The standard InChI is InChI=1S/C14H15Br2NS/c1-9-3-5-11(6-4-9)10(2)17-8-12-7-13(15)14(16)18-12/h3-7,10,17H,8H2,1-2H3/t10-/m0/s1. The first-order valence-electron chi connectivity index (χ1n) is 5.80. The summed E-state index contributed by atoms with van der Waals surface area (Å²) in [6, 6.07) is 11.2. The predicted octanol–water partition coefficient (Wildman–Crippen LogP) is 5.43. The van der Waals surface area contributed by atoms with Crippen molar-refractivity contribution in [2.24, 2.45) is 0 Å². The smallest absolute Gasteiger partial charge is 0.0843 e. The Hall–Kier alpha value is -0.160. The largest absolute Gasteiger partial charge is 0.305 e. The zero-order valence-corrected chi connectivity index (χ0v) is 14.3. The van der Waals surface area contributed by atoms with E-state index in [-0.39, 0.29) is 0 Å². The van der Waals surface area contributed by atoms with Crippen LogP contribution in [0.2, 0.25) is 0 Å². The second-order valence-electron chi connectivity index (χ2n) is 4.35. The summed E-state index contributed by atoms with van der Waals surface area (Å²) in [6.45, 7) is 5.20. The Morgan fingerprint density at radius 1 is 1.22 bits per heavy atom. The van der Waals surface area contributed by atoms with Gasteiger partial charge < -0.3 is 5.32 Å². The second kappa shape index (κ2) is 6.33. The number of halogens is 2. The maximum atomic E-state index is 3.54. The third-order valence-electron chi connectivity index (χ3n) is 2.86. The summed E-state index contributed by atoms with van der Waals surface area (Å²) in [5.74, 6) is 0. The molecule has 0 radical (unpaired) electrons. The van der Waals surface area contributed by atoms with E-state index < -0.39 is 0 Å². The summed E-state index contributed by atoms with van der Waals surface area (Å²) in [7, 11) is 0. The zero-order valence-electron chi connectivity index (χ0n) is 10.3. The first kappa shape index (κ1) is 14.3. The molecule has 2 rings (SSSR count). The van der Waals surface area contributed by atoms with Crippen molar-refractivity contribution in [3.05, 3.63) is 54.6 Å². The van der Waals surface area contributed by atoms with Gasteiger partial charge in [-0.2, -0.15) is 0 Å². The van der Waals surface area contributed by atoms with Crippen molar-refractivity contribution in [1.82, 2.24) is 5.32 Å². The molecule has 1 nitrogen and oxygen atoms in total. The van der Waals surface area contributed by atoms with Gasteiger partial charge in [0.15, 0.2) is 0 Å². The van der Waals surface area contributed by atoms with Crippen LogP contribution in [0.5, 0.6) is 0 Å². The number of rotatable bonds is 4. The molecule has 1 aromatic heterocycles. The van der Waals surface area contributed by atoms with Crippen LogP contribution in [0, 0.1) is 6.92 Å². The van der Waals surface area contributed by atoms with Crippen LogP contribution < -0.4 is 5.32 Å². The summed E-state index contributed by atoms with van der Waals surface area (Å²) in [6.07, 6.45) is 0. The molecule has 2 aromatic rings. The van der Waals surface area contributed by atoms with Crippen LogP contribution in [-0.2, 0) is 6.54 Å². The lowest BCUT2D eigenvalue weighted by atomic mass is 10.1. The van der Waals surface area contributed by atoms with E-state index in [1.807, 2.05) is 0 Å². The zero-order chi connectivity index (χ0) is 13.1. The Bertz CT molecular complexity index is 500. The molecule has 0 unspecified atom stereocenters. The lowest BCUT2D eigenvalue weighted by molar-refractivity contribution is 0.579. The van der Waals surface area contributed by atoms with Crippen LogP contribution in [0.15, 0.2) is 38.6 Å². The van der Waals surface area contributed by atoms with Crippen molar-refractivity contribution in [3.63, 3.8) is 0 Å². The average molecular weight is 389 g/mol. The lowest BCUT2D eigenvalue weighted by Gasteiger charge is -2.13. The van der Waals surface area contributed by atoms with Gasteiger partial charge in [0.1, 0.15) is 0 Å². The van der Waals surface area contributed by atoms with Gasteiger partial charge in [-0.25, -0.2) is 0 Å². The molecule has 0 aliphatic heterocycles. The van der Waals surface area contributed by atoms with Gasteiger partial charge in [0.2, 0.25) is 0 Å². The van der Waals surface area contributed by atoms with Crippen molar-refractivity contribution in [2.45, 2.75) is 26.4 Å². The van der Waals surface area contributed by atoms with Crippen LogP contribution in [0.3, 0.4) is 0 Å². The molecule has 18 heavy (non-hydrogen) atoms. The monoisotopic (exact) mass is 387 g/mol. The van der Waals surface area contributed by atoms with Crippen molar-refractivity contribution in [3.8, 4) is 0 Å². The molecule has 0 aliphatic carbocycles. The Morgan fingerprint density at radius 3 is 2.44 bits per heavy atom. The highest BCUT2D eigenvalue weighted by atomic mass is 79.9. The van der Waals surface area contributed by atoms with E-state index >= 15 is 0 Å². The molecular weight excluding hydrogens is 374 g/mol. The fourth-order valence-corrected chi connectivity index (χ4v) is 3.83. The van der Waals surface area contributed by atoms with Crippen LogP contribution in [0.1, 0.15) is 29.0 Å². The molecule has 0 amide bonds. The average Bonchev–Trinajstić information content (AvgIpc) is 2.67. The van der Waals surface area contributed by atoms with Crippen molar-refractivity contribution in [1.29, 1.82) is 0 Å². The van der Waals surface area contributed by atoms with E-state index in [0.717, 1.165) is 14.8 Å². The Morgan fingerprint density at radius 2 is 1.89 bits per heavy atom. The topological polar surface area (TPSA) is 12.0 Å². The van der Waals surface area contributed by atoms with Gasteiger partial charge in [0.05, 0.1) is 3.79 Å². The molecule has 0 fully saturated rings. The molecule has 0 aliphatic rings. The minimum atomic E-state index is 0.366. The van der Waals surface area contributed by atoms with E-state index in [1.54, 1.807) is 11.3 Å². The first-order valence-corrected chi connectivity index (χ1v) is 8.20.